The van der Waals surface area contributed by atoms with Gasteiger partial charge >= 0.3 is 0 Å². The van der Waals surface area contributed by atoms with E-state index in [0.717, 1.165) is 18.5 Å². The molecule has 4 atom stereocenters. The summed E-state index contributed by atoms with van der Waals surface area (Å²) in [6.45, 7) is 0. The number of fused-ring (bicyclic) bond motifs is 3. The second-order valence-corrected chi connectivity index (χ2v) is 5.71. The Morgan fingerprint density at radius 3 is 3.05 bits per heavy atom. The number of nitriles is 1. The van der Waals surface area contributed by atoms with Gasteiger partial charge in [0.05, 0.1) is 24.0 Å². The van der Waals surface area contributed by atoms with Gasteiger partial charge in [0.2, 0.25) is 0 Å². The van der Waals surface area contributed by atoms with Gasteiger partial charge in [-0.3, -0.25) is 0 Å². The summed E-state index contributed by atoms with van der Waals surface area (Å²) in [7, 11) is 0. The summed E-state index contributed by atoms with van der Waals surface area (Å²) < 4.78 is 7.64. The van der Waals surface area contributed by atoms with Crippen molar-refractivity contribution in [1.29, 1.82) is 5.26 Å². The summed E-state index contributed by atoms with van der Waals surface area (Å²) >= 11 is 0. The van der Waals surface area contributed by atoms with Crippen molar-refractivity contribution < 1.29 is 9.84 Å². The van der Waals surface area contributed by atoms with Gasteiger partial charge in [-0.15, -0.1) is 0 Å². The van der Waals surface area contributed by atoms with Crippen LogP contribution in [0.3, 0.4) is 0 Å². The number of pyridine rings is 1. The van der Waals surface area contributed by atoms with Crippen LogP contribution in [-0.2, 0) is 4.74 Å². The van der Waals surface area contributed by atoms with Crippen molar-refractivity contribution in [1.82, 2.24) is 9.38 Å². The van der Waals surface area contributed by atoms with E-state index in [1.54, 1.807) is 6.20 Å². The molecule has 4 rings (SSSR count). The third-order valence-electron chi connectivity index (χ3n) is 4.61. The van der Waals surface area contributed by atoms with Gasteiger partial charge in [-0.25, -0.2) is 4.98 Å². The van der Waals surface area contributed by atoms with Crippen molar-refractivity contribution in [3.05, 3.63) is 36.3 Å². The lowest BCUT2D eigenvalue weighted by atomic mass is 9.70. The van der Waals surface area contributed by atoms with E-state index in [2.05, 4.69) is 11.1 Å². The molecule has 2 aliphatic rings. The van der Waals surface area contributed by atoms with Gasteiger partial charge in [-0.2, -0.15) is 5.26 Å². The largest absolute Gasteiger partial charge is 0.385 e. The van der Waals surface area contributed by atoms with Gasteiger partial charge in [0.25, 0.3) is 0 Å². The highest BCUT2D eigenvalue weighted by Crippen LogP contribution is 2.53. The number of nitrogens with zero attached hydrogens (tertiary/aromatic N) is 3. The van der Waals surface area contributed by atoms with Crippen LogP contribution in [0, 0.1) is 16.7 Å². The fourth-order valence-electron chi connectivity index (χ4n) is 3.56. The number of ether oxygens (including phenoxy) is 1. The van der Waals surface area contributed by atoms with Crippen LogP contribution in [0.4, 0.5) is 0 Å². The average molecular weight is 269 g/mol. The first-order chi connectivity index (χ1) is 9.73. The fourth-order valence-corrected chi connectivity index (χ4v) is 3.56. The molecule has 2 saturated heterocycles. The number of hydrogen-bond acceptors (Lipinski definition) is 4. The molecule has 0 amide bonds. The van der Waals surface area contributed by atoms with E-state index in [4.69, 9.17) is 4.74 Å². The van der Waals surface area contributed by atoms with E-state index in [1.807, 2.05) is 28.8 Å². The van der Waals surface area contributed by atoms with Crippen molar-refractivity contribution in [2.45, 2.75) is 37.6 Å². The third-order valence-corrected chi connectivity index (χ3v) is 4.61. The zero-order valence-electron chi connectivity index (χ0n) is 10.9. The van der Waals surface area contributed by atoms with Gasteiger partial charge in [0, 0.05) is 12.4 Å². The quantitative estimate of drug-likeness (QED) is 0.903. The first-order valence-corrected chi connectivity index (χ1v) is 6.91. The number of imidazole rings is 1. The molecule has 2 aliphatic heterocycles. The van der Waals surface area contributed by atoms with Gasteiger partial charge < -0.3 is 14.2 Å². The fraction of sp³-hybridized carbons (Fsp3) is 0.467. The van der Waals surface area contributed by atoms with E-state index in [1.165, 1.54) is 0 Å². The molecule has 102 valence electrons. The Bertz CT molecular complexity index is 671. The zero-order chi connectivity index (χ0) is 13.7. The Balaban J connectivity index is 1.76. The van der Waals surface area contributed by atoms with Crippen LogP contribution in [0.1, 0.15) is 31.1 Å². The SMILES string of the molecule is N#CC1(C(O)c2cn3ccccc3n2)CC2CCC1O2. The van der Waals surface area contributed by atoms with Crippen LogP contribution in [0.15, 0.2) is 30.6 Å². The molecule has 4 heterocycles. The predicted molar refractivity (Wildman–Crippen MR) is 70.7 cm³/mol. The van der Waals surface area contributed by atoms with Crippen molar-refractivity contribution in [2.75, 3.05) is 0 Å². The van der Waals surface area contributed by atoms with Gasteiger partial charge in [0.15, 0.2) is 0 Å². The van der Waals surface area contributed by atoms with Crippen LogP contribution in [0.25, 0.3) is 5.65 Å². The van der Waals surface area contributed by atoms with Crippen molar-refractivity contribution >= 4 is 5.65 Å². The molecule has 5 heteroatoms. The molecule has 2 fully saturated rings. The standard InChI is InChI=1S/C15H15N3O2/c16-9-15(7-10-4-5-12(15)20-10)14(19)11-8-18-6-2-1-3-13(18)17-11/h1-3,6,8,10,12,14,19H,4-5,7H2. The number of hydrogen-bond donors (Lipinski definition) is 1. The lowest BCUT2D eigenvalue weighted by Gasteiger charge is -2.31. The van der Waals surface area contributed by atoms with Crippen LogP contribution in [0.5, 0.6) is 0 Å². The summed E-state index contributed by atoms with van der Waals surface area (Å²) in [5.41, 5.74) is 0.480. The van der Waals surface area contributed by atoms with Crippen molar-refractivity contribution in [3.8, 4) is 6.07 Å². The monoisotopic (exact) mass is 269 g/mol. The second-order valence-electron chi connectivity index (χ2n) is 5.71. The van der Waals surface area contributed by atoms with Gasteiger partial charge in [-0.05, 0) is 31.4 Å². The maximum Gasteiger partial charge on any atom is 0.137 e. The van der Waals surface area contributed by atoms with Crippen LogP contribution < -0.4 is 0 Å². The number of aliphatic hydroxyl groups is 1. The lowest BCUT2D eigenvalue weighted by molar-refractivity contribution is 0.00149. The molecule has 0 spiro atoms. The van der Waals surface area contributed by atoms with Crippen LogP contribution in [0.2, 0.25) is 0 Å². The number of aromatic nitrogens is 2. The summed E-state index contributed by atoms with van der Waals surface area (Å²) in [5.74, 6) is 0. The van der Waals surface area contributed by atoms with Crippen molar-refractivity contribution in [3.63, 3.8) is 0 Å². The minimum atomic E-state index is -0.900. The molecular weight excluding hydrogens is 254 g/mol. The molecule has 20 heavy (non-hydrogen) atoms. The zero-order valence-corrected chi connectivity index (χ0v) is 10.9. The molecule has 4 unspecified atom stereocenters. The van der Waals surface area contributed by atoms with E-state index in [9.17, 15) is 10.4 Å². The Hall–Kier alpha value is -1.90. The smallest absolute Gasteiger partial charge is 0.137 e. The minimum Gasteiger partial charge on any atom is -0.385 e. The number of rotatable bonds is 2. The molecule has 2 bridgehead atoms. The van der Waals surface area contributed by atoms with Gasteiger partial charge in [0.1, 0.15) is 17.2 Å². The summed E-state index contributed by atoms with van der Waals surface area (Å²) in [4.78, 5) is 4.44. The topological polar surface area (TPSA) is 70.5 Å². The molecular formula is C15H15N3O2. The minimum absolute atomic E-state index is 0.117. The molecule has 0 aromatic carbocycles. The molecule has 2 aromatic rings. The third kappa shape index (κ3) is 1.46. The normalized spacial score (nSPS) is 33.4. The first kappa shape index (κ1) is 11.9. The van der Waals surface area contributed by atoms with Crippen LogP contribution in [-0.4, -0.2) is 26.7 Å². The Kier molecular flexibility index (Phi) is 2.40. The van der Waals surface area contributed by atoms with Gasteiger partial charge in [-0.1, -0.05) is 6.07 Å². The Morgan fingerprint density at radius 2 is 2.40 bits per heavy atom. The molecule has 0 aliphatic carbocycles. The Morgan fingerprint density at radius 1 is 1.50 bits per heavy atom. The predicted octanol–water partition coefficient (Wildman–Crippen LogP) is 1.83. The van der Waals surface area contributed by atoms with Crippen molar-refractivity contribution in [2.24, 2.45) is 5.41 Å². The highest BCUT2D eigenvalue weighted by Gasteiger charge is 2.57. The molecule has 5 nitrogen and oxygen atoms in total. The van der Waals surface area contributed by atoms with Crippen LogP contribution >= 0.6 is 0 Å². The molecule has 0 saturated carbocycles. The van der Waals surface area contributed by atoms with E-state index < -0.39 is 11.5 Å². The maximum absolute atomic E-state index is 10.7. The maximum atomic E-state index is 10.7. The lowest BCUT2D eigenvalue weighted by Crippen LogP contribution is -2.37. The summed E-state index contributed by atoms with van der Waals surface area (Å²) in [6, 6.07) is 8.02. The van der Waals surface area contributed by atoms with E-state index in [-0.39, 0.29) is 12.2 Å². The number of aliphatic hydroxyl groups excluding tert-OH is 1. The molecule has 2 aromatic heterocycles. The average Bonchev–Trinajstić information content (AvgIpc) is 3.19. The molecule has 0 radical (unpaired) electrons. The van der Waals surface area contributed by atoms with E-state index in [0.29, 0.717) is 12.1 Å². The highest BCUT2D eigenvalue weighted by atomic mass is 16.5. The molecule has 1 N–H and O–H groups in total. The van der Waals surface area contributed by atoms with E-state index >= 15 is 0 Å². The Labute approximate surface area is 116 Å². The first-order valence-electron chi connectivity index (χ1n) is 6.91. The summed E-state index contributed by atoms with van der Waals surface area (Å²) in [5, 5.41) is 20.3. The summed E-state index contributed by atoms with van der Waals surface area (Å²) in [6.07, 6.45) is 5.17. The highest BCUT2D eigenvalue weighted by molar-refractivity contribution is 5.40. The second kappa shape index (κ2) is 4.05.